The molecule has 0 aromatic carbocycles. The number of nitrogens with one attached hydrogen (secondary N) is 1. The Morgan fingerprint density at radius 2 is 2.14 bits per heavy atom. The van der Waals surface area contributed by atoms with E-state index in [1.165, 1.54) is 12.8 Å². The van der Waals surface area contributed by atoms with Gasteiger partial charge in [0.1, 0.15) is 6.33 Å². The minimum absolute atomic E-state index is 0.537. The zero-order valence-corrected chi connectivity index (χ0v) is 9.18. The van der Waals surface area contributed by atoms with Gasteiger partial charge in [-0.25, -0.2) is 9.97 Å². The summed E-state index contributed by atoms with van der Waals surface area (Å²) in [6.45, 7) is 1.98. The molecule has 76 valence electrons. The zero-order valence-electron chi connectivity index (χ0n) is 8.36. The summed E-state index contributed by atoms with van der Waals surface area (Å²) in [5.41, 5.74) is 1.16. The van der Waals surface area contributed by atoms with E-state index in [1.54, 1.807) is 6.33 Å². The van der Waals surface area contributed by atoms with Gasteiger partial charge in [0.2, 0.25) is 0 Å². The molecule has 0 bridgehead atoms. The molecule has 1 aromatic heterocycles. The van der Waals surface area contributed by atoms with Gasteiger partial charge in [-0.3, -0.25) is 0 Å². The Hall–Kier alpha value is -0.610. The van der Waals surface area contributed by atoms with Gasteiger partial charge in [0, 0.05) is 35.8 Å². The average Bonchev–Trinajstić information content (AvgIpc) is 3.00. The smallest absolute Gasteiger partial charge is 0.115 e. The number of hydrogen-bond donors (Lipinski definition) is 1. The van der Waals surface area contributed by atoms with Crippen LogP contribution in [0.15, 0.2) is 18.7 Å². The van der Waals surface area contributed by atoms with E-state index in [0.29, 0.717) is 4.75 Å². The summed E-state index contributed by atoms with van der Waals surface area (Å²) in [7, 11) is 0. The predicted molar refractivity (Wildman–Crippen MR) is 59.2 cm³/mol. The molecule has 0 spiro atoms. The fraction of sp³-hybridized carbons (Fsp3) is 0.600. The molecule has 2 rings (SSSR count). The second-order valence-electron chi connectivity index (χ2n) is 3.74. The first-order chi connectivity index (χ1) is 6.85. The molecule has 1 saturated carbocycles. The van der Waals surface area contributed by atoms with Crippen molar-refractivity contribution in [1.82, 2.24) is 15.3 Å². The van der Waals surface area contributed by atoms with Crippen LogP contribution in [0.5, 0.6) is 0 Å². The Labute approximate surface area is 88.7 Å². The summed E-state index contributed by atoms with van der Waals surface area (Å²) in [4.78, 5) is 7.96. The highest BCUT2D eigenvalue weighted by atomic mass is 32.2. The summed E-state index contributed by atoms with van der Waals surface area (Å²) < 4.78 is 0.537. The third-order valence-corrected chi connectivity index (χ3v) is 4.05. The lowest BCUT2D eigenvalue weighted by Gasteiger charge is -2.12. The molecule has 3 nitrogen and oxygen atoms in total. The van der Waals surface area contributed by atoms with E-state index < -0.39 is 0 Å². The highest BCUT2D eigenvalue weighted by Gasteiger charge is 2.41. The molecule has 0 unspecified atom stereocenters. The van der Waals surface area contributed by atoms with Gasteiger partial charge >= 0.3 is 0 Å². The summed E-state index contributed by atoms with van der Waals surface area (Å²) in [6, 6.07) is 0. The quantitative estimate of drug-likeness (QED) is 0.796. The van der Waals surface area contributed by atoms with E-state index in [4.69, 9.17) is 0 Å². The Morgan fingerprint density at radius 1 is 1.43 bits per heavy atom. The van der Waals surface area contributed by atoms with Crippen molar-refractivity contribution in [3.8, 4) is 0 Å². The van der Waals surface area contributed by atoms with Gasteiger partial charge in [0.05, 0.1) is 0 Å². The Bertz CT molecular complexity index is 285. The molecule has 14 heavy (non-hydrogen) atoms. The van der Waals surface area contributed by atoms with Crippen LogP contribution in [0.2, 0.25) is 0 Å². The largest absolute Gasteiger partial charge is 0.311 e. The van der Waals surface area contributed by atoms with Crippen molar-refractivity contribution in [3.63, 3.8) is 0 Å². The molecular weight excluding hydrogens is 194 g/mol. The van der Waals surface area contributed by atoms with Crippen LogP contribution in [0.4, 0.5) is 0 Å². The van der Waals surface area contributed by atoms with Gasteiger partial charge in [0.25, 0.3) is 0 Å². The first kappa shape index (κ1) is 9.93. The maximum absolute atomic E-state index is 3.98. The number of hydrogen-bond acceptors (Lipinski definition) is 4. The maximum Gasteiger partial charge on any atom is 0.115 e. The molecule has 1 aliphatic rings. The number of aromatic nitrogens is 2. The number of thioether (sulfide) groups is 1. The third kappa shape index (κ3) is 2.45. The van der Waals surface area contributed by atoms with Crippen LogP contribution in [-0.4, -0.2) is 27.5 Å². The fourth-order valence-electron chi connectivity index (χ4n) is 1.45. The van der Waals surface area contributed by atoms with E-state index in [-0.39, 0.29) is 0 Å². The molecule has 0 saturated heterocycles. The van der Waals surface area contributed by atoms with Crippen LogP contribution in [0, 0.1) is 0 Å². The molecule has 4 heteroatoms. The normalized spacial score (nSPS) is 18.1. The lowest BCUT2D eigenvalue weighted by Crippen LogP contribution is -2.25. The molecule has 0 aliphatic heterocycles. The van der Waals surface area contributed by atoms with Crippen molar-refractivity contribution in [2.24, 2.45) is 0 Å². The van der Waals surface area contributed by atoms with Gasteiger partial charge < -0.3 is 5.32 Å². The van der Waals surface area contributed by atoms with E-state index >= 15 is 0 Å². The van der Waals surface area contributed by atoms with Crippen LogP contribution >= 0.6 is 11.8 Å². The second kappa shape index (κ2) is 4.28. The fourth-order valence-corrected chi connectivity index (χ4v) is 2.21. The highest BCUT2D eigenvalue weighted by molar-refractivity contribution is 8.00. The summed E-state index contributed by atoms with van der Waals surface area (Å²) in [5, 5.41) is 3.45. The van der Waals surface area contributed by atoms with Crippen LogP contribution in [-0.2, 0) is 6.54 Å². The Morgan fingerprint density at radius 3 is 2.71 bits per heavy atom. The van der Waals surface area contributed by atoms with Crippen molar-refractivity contribution in [2.75, 3.05) is 12.8 Å². The molecular formula is C10H15N3S. The Kier molecular flexibility index (Phi) is 3.03. The van der Waals surface area contributed by atoms with Gasteiger partial charge in [-0.05, 0) is 19.1 Å². The van der Waals surface area contributed by atoms with E-state index in [9.17, 15) is 0 Å². The summed E-state index contributed by atoms with van der Waals surface area (Å²) in [5.74, 6) is 0. The minimum atomic E-state index is 0.537. The molecule has 1 aromatic rings. The van der Waals surface area contributed by atoms with Crippen LogP contribution < -0.4 is 5.32 Å². The van der Waals surface area contributed by atoms with Crippen molar-refractivity contribution < 1.29 is 0 Å². The molecule has 0 amide bonds. The second-order valence-corrected chi connectivity index (χ2v) is 5.01. The van der Waals surface area contributed by atoms with Crippen molar-refractivity contribution in [1.29, 1.82) is 0 Å². The van der Waals surface area contributed by atoms with Gasteiger partial charge in [-0.2, -0.15) is 11.8 Å². The molecule has 1 fully saturated rings. The van der Waals surface area contributed by atoms with E-state index in [1.807, 2.05) is 24.2 Å². The SMILES string of the molecule is CSC1(CNCc2cncnc2)CC1. The molecule has 0 radical (unpaired) electrons. The van der Waals surface area contributed by atoms with E-state index in [0.717, 1.165) is 18.7 Å². The number of rotatable bonds is 5. The zero-order chi connectivity index (χ0) is 9.86. The number of nitrogens with zero attached hydrogens (tertiary/aromatic N) is 2. The summed E-state index contributed by atoms with van der Waals surface area (Å²) in [6.07, 6.45) is 10.2. The van der Waals surface area contributed by atoms with Crippen LogP contribution in [0.1, 0.15) is 18.4 Å². The molecule has 1 heterocycles. The van der Waals surface area contributed by atoms with Crippen LogP contribution in [0.3, 0.4) is 0 Å². The molecule has 0 atom stereocenters. The van der Waals surface area contributed by atoms with Crippen molar-refractivity contribution >= 4 is 11.8 Å². The topological polar surface area (TPSA) is 37.8 Å². The van der Waals surface area contributed by atoms with Gasteiger partial charge in [-0.1, -0.05) is 0 Å². The van der Waals surface area contributed by atoms with E-state index in [2.05, 4.69) is 21.5 Å². The lowest BCUT2D eigenvalue weighted by molar-refractivity contribution is 0.660. The highest BCUT2D eigenvalue weighted by Crippen LogP contribution is 2.46. The predicted octanol–water partition coefficient (Wildman–Crippen LogP) is 1.46. The molecule has 1 N–H and O–H groups in total. The van der Waals surface area contributed by atoms with Crippen molar-refractivity contribution in [2.45, 2.75) is 24.1 Å². The first-order valence-corrected chi connectivity index (χ1v) is 6.07. The third-order valence-electron chi connectivity index (χ3n) is 2.63. The monoisotopic (exact) mass is 209 g/mol. The molecule has 1 aliphatic carbocycles. The summed E-state index contributed by atoms with van der Waals surface area (Å²) >= 11 is 1.98. The first-order valence-electron chi connectivity index (χ1n) is 4.84. The maximum atomic E-state index is 3.98. The van der Waals surface area contributed by atoms with Gasteiger partial charge in [0.15, 0.2) is 0 Å². The minimum Gasteiger partial charge on any atom is -0.311 e. The van der Waals surface area contributed by atoms with Crippen molar-refractivity contribution in [3.05, 3.63) is 24.3 Å². The van der Waals surface area contributed by atoms with Crippen LogP contribution in [0.25, 0.3) is 0 Å². The lowest BCUT2D eigenvalue weighted by atomic mass is 10.3. The average molecular weight is 209 g/mol. The Balaban J connectivity index is 1.73. The van der Waals surface area contributed by atoms with Gasteiger partial charge in [-0.15, -0.1) is 0 Å². The standard InChI is InChI=1S/C10H15N3S/c1-14-10(2-3-10)7-11-4-9-5-12-8-13-6-9/h5-6,8,11H,2-4,7H2,1H3.